The van der Waals surface area contributed by atoms with Gasteiger partial charge < -0.3 is 5.73 Å². The summed E-state index contributed by atoms with van der Waals surface area (Å²) in [5, 5.41) is 0.0975. The van der Waals surface area contributed by atoms with Crippen molar-refractivity contribution in [3.8, 4) is 0 Å². The SMILES string of the molecule is Cl.NCC(c1ccccc1Cl)C(F)(F)F. The Labute approximate surface area is 96.8 Å². The maximum absolute atomic E-state index is 12.4. The second-order valence-corrected chi connectivity index (χ2v) is 3.26. The van der Waals surface area contributed by atoms with E-state index in [2.05, 4.69) is 0 Å². The number of nitrogens with two attached hydrogens (primary N) is 1. The van der Waals surface area contributed by atoms with Gasteiger partial charge in [-0.25, -0.2) is 0 Å². The fourth-order valence-corrected chi connectivity index (χ4v) is 1.46. The summed E-state index contributed by atoms with van der Waals surface area (Å²) in [6, 6.07) is 5.85. The van der Waals surface area contributed by atoms with Gasteiger partial charge in [0.2, 0.25) is 0 Å². The number of hydrogen-bond acceptors (Lipinski definition) is 1. The second-order valence-electron chi connectivity index (χ2n) is 2.85. The molecule has 1 aromatic rings. The molecule has 0 radical (unpaired) electrons. The van der Waals surface area contributed by atoms with Crippen molar-refractivity contribution in [1.82, 2.24) is 0 Å². The largest absolute Gasteiger partial charge is 0.397 e. The van der Waals surface area contributed by atoms with Gasteiger partial charge in [0.05, 0.1) is 5.92 Å². The molecular weight excluding hydrogens is 250 g/mol. The molecule has 0 saturated carbocycles. The molecule has 15 heavy (non-hydrogen) atoms. The van der Waals surface area contributed by atoms with E-state index in [1.807, 2.05) is 0 Å². The molecule has 0 aliphatic rings. The van der Waals surface area contributed by atoms with Crippen LogP contribution in [0.25, 0.3) is 0 Å². The lowest BCUT2D eigenvalue weighted by Gasteiger charge is -2.19. The van der Waals surface area contributed by atoms with Crippen LogP contribution in [0.15, 0.2) is 24.3 Å². The highest BCUT2D eigenvalue weighted by Crippen LogP contribution is 2.36. The van der Waals surface area contributed by atoms with E-state index in [0.717, 1.165) is 0 Å². The Balaban J connectivity index is 0.00000196. The van der Waals surface area contributed by atoms with Gasteiger partial charge in [-0.2, -0.15) is 13.2 Å². The van der Waals surface area contributed by atoms with Crippen LogP contribution < -0.4 is 5.73 Å². The first-order chi connectivity index (χ1) is 6.46. The molecule has 0 aromatic heterocycles. The van der Waals surface area contributed by atoms with E-state index in [1.54, 1.807) is 6.07 Å². The van der Waals surface area contributed by atoms with E-state index in [1.165, 1.54) is 18.2 Å². The van der Waals surface area contributed by atoms with E-state index >= 15 is 0 Å². The van der Waals surface area contributed by atoms with Crippen LogP contribution >= 0.6 is 24.0 Å². The molecule has 6 heteroatoms. The molecular formula is C9H10Cl2F3N. The highest BCUT2D eigenvalue weighted by Gasteiger charge is 2.40. The van der Waals surface area contributed by atoms with Crippen molar-refractivity contribution in [1.29, 1.82) is 0 Å². The third-order valence-electron chi connectivity index (χ3n) is 1.91. The Morgan fingerprint density at radius 3 is 2.20 bits per heavy atom. The Kier molecular flexibility index (Phi) is 5.42. The zero-order chi connectivity index (χ0) is 10.8. The van der Waals surface area contributed by atoms with Gasteiger partial charge in [-0.05, 0) is 11.6 Å². The number of benzene rings is 1. The fourth-order valence-electron chi connectivity index (χ4n) is 1.19. The lowest BCUT2D eigenvalue weighted by atomic mass is 9.99. The second kappa shape index (κ2) is 5.58. The molecule has 0 amide bonds. The number of halogens is 5. The maximum Gasteiger partial charge on any atom is 0.397 e. The van der Waals surface area contributed by atoms with Crippen LogP contribution in [0, 0.1) is 0 Å². The zero-order valence-electron chi connectivity index (χ0n) is 7.59. The molecule has 1 rings (SSSR count). The van der Waals surface area contributed by atoms with E-state index in [-0.39, 0.29) is 23.0 Å². The van der Waals surface area contributed by atoms with Gasteiger partial charge in [-0.1, -0.05) is 29.8 Å². The molecule has 0 bridgehead atoms. The normalized spacial score (nSPS) is 13.1. The van der Waals surface area contributed by atoms with Gasteiger partial charge in [0, 0.05) is 11.6 Å². The summed E-state index contributed by atoms with van der Waals surface area (Å²) in [6.07, 6.45) is -4.35. The van der Waals surface area contributed by atoms with Crippen LogP contribution in [0.5, 0.6) is 0 Å². The van der Waals surface area contributed by atoms with Crippen LogP contribution in [0.2, 0.25) is 5.02 Å². The first kappa shape index (κ1) is 14.6. The average molecular weight is 260 g/mol. The zero-order valence-corrected chi connectivity index (χ0v) is 9.16. The summed E-state index contributed by atoms with van der Waals surface area (Å²) < 4.78 is 37.3. The van der Waals surface area contributed by atoms with Crippen molar-refractivity contribution in [2.75, 3.05) is 6.54 Å². The Morgan fingerprint density at radius 1 is 1.27 bits per heavy atom. The van der Waals surface area contributed by atoms with Crippen molar-refractivity contribution >= 4 is 24.0 Å². The lowest BCUT2D eigenvalue weighted by molar-refractivity contribution is -0.148. The first-order valence-corrected chi connectivity index (χ1v) is 4.36. The summed E-state index contributed by atoms with van der Waals surface area (Å²) >= 11 is 5.65. The summed E-state index contributed by atoms with van der Waals surface area (Å²) in [6.45, 7) is -0.493. The van der Waals surface area contributed by atoms with Crippen molar-refractivity contribution < 1.29 is 13.2 Å². The third-order valence-corrected chi connectivity index (χ3v) is 2.26. The van der Waals surface area contributed by atoms with Gasteiger partial charge in [0.15, 0.2) is 0 Å². The molecule has 86 valence electrons. The van der Waals surface area contributed by atoms with Crippen molar-refractivity contribution in [2.45, 2.75) is 12.1 Å². The third kappa shape index (κ3) is 3.55. The van der Waals surface area contributed by atoms with Gasteiger partial charge in [-0.3, -0.25) is 0 Å². The van der Waals surface area contributed by atoms with Gasteiger partial charge in [0.1, 0.15) is 0 Å². The number of hydrogen-bond donors (Lipinski definition) is 1. The molecule has 0 spiro atoms. The Hall–Kier alpha value is -0.450. The van der Waals surface area contributed by atoms with Crippen LogP contribution in [-0.2, 0) is 0 Å². The van der Waals surface area contributed by atoms with Crippen LogP contribution in [0.4, 0.5) is 13.2 Å². The molecule has 0 heterocycles. The topological polar surface area (TPSA) is 26.0 Å². The maximum atomic E-state index is 12.4. The van der Waals surface area contributed by atoms with Gasteiger partial charge in [0.25, 0.3) is 0 Å². The minimum Gasteiger partial charge on any atom is -0.330 e. The summed E-state index contributed by atoms with van der Waals surface area (Å²) in [5.41, 5.74) is 5.11. The van der Waals surface area contributed by atoms with E-state index in [0.29, 0.717) is 0 Å². The van der Waals surface area contributed by atoms with Crippen molar-refractivity contribution in [3.63, 3.8) is 0 Å². The molecule has 1 unspecified atom stereocenters. The minimum absolute atomic E-state index is 0. The highest BCUT2D eigenvalue weighted by atomic mass is 35.5. The fraction of sp³-hybridized carbons (Fsp3) is 0.333. The predicted octanol–water partition coefficient (Wildman–Crippen LogP) is 3.37. The number of alkyl halides is 3. The predicted molar refractivity (Wildman–Crippen MR) is 56.6 cm³/mol. The summed E-state index contributed by atoms with van der Waals surface area (Å²) in [5.74, 6) is -1.68. The number of rotatable bonds is 2. The van der Waals surface area contributed by atoms with Crippen LogP contribution in [0.3, 0.4) is 0 Å². The molecule has 1 nitrogen and oxygen atoms in total. The van der Waals surface area contributed by atoms with Gasteiger partial charge in [-0.15, -0.1) is 12.4 Å². The average Bonchev–Trinajstić information content (AvgIpc) is 2.07. The molecule has 1 aromatic carbocycles. The smallest absolute Gasteiger partial charge is 0.330 e. The van der Waals surface area contributed by atoms with E-state index in [4.69, 9.17) is 17.3 Å². The quantitative estimate of drug-likeness (QED) is 0.866. The molecule has 0 aliphatic heterocycles. The molecule has 0 aliphatic carbocycles. The Morgan fingerprint density at radius 2 is 1.80 bits per heavy atom. The highest BCUT2D eigenvalue weighted by molar-refractivity contribution is 6.31. The molecule has 1 atom stereocenters. The van der Waals surface area contributed by atoms with E-state index in [9.17, 15) is 13.2 Å². The molecule has 0 saturated heterocycles. The van der Waals surface area contributed by atoms with Crippen LogP contribution in [0.1, 0.15) is 11.5 Å². The monoisotopic (exact) mass is 259 g/mol. The van der Waals surface area contributed by atoms with Crippen molar-refractivity contribution in [2.24, 2.45) is 5.73 Å². The molecule has 2 N–H and O–H groups in total. The van der Waals surface area contributed by atoms with Gasteiger partial charge >= 0.3 is 6.18 Å². The summed E-state index contributed by atoms with van der Waals surface area (Å²) in [4.78, 5) is 0. The standard InChI is InChI=1S/C9H9ClF3N.ClH/c10-8-4-2-1-3-6(8)7(5-14)9(11,12)13;/h1-4,7H,5,14H2;1H. The summed E-state index contributed by atoms with van der Waals surface area (Å²) in [7, 11) is 0. The molecule has 0 fully saturated rings. The lowest BCUT2D eigenvalue weighted by Crippen LogP contribution is -2.28. The van der Waals surface area contributed by atoms with Crippen LogP contribution in [-0.4, -0.2) is 12.7 Å². The minimum atomic E-state index is -4.35. The van der Waals surface area contributed by atoms with E-state index < -0.39 is 18.6 Å². The first-order valence-electron chi connectivity index (χ1n) is 3.98. The van der Waals surface area contributed by atoms with Crippen molar-refractivity contribution in [3.05, 3.63) is 34.9 Å². The Bertz CT molecular complexity index is 314.